The fraction of sp³-hybridized carbons (Fsp3) is 0.650. The standard InChI is InChI=1S/C60H98O6/c1-4-7-10-13-16-19-22-24-26-28-30-32-33-35-38-41-44-47-50-53-59(62)65-56-57(55-64-58(61)52-49-46-43-40-37-21-18-15-12-9-6-3)66-60(63)54-51-48-45-42-39-36-34-31-29-27-25-23-20-17-14-11-8-5-2/h7,10,15-16,18-19,23-27,29-32,34-35,38,57H,4-6,8-9,11-14,17,20-22,28,33,36-37,39-56H2,1-3H3/b10-7-,18-15-,19-16-,25-23-,26-24-,29-27-,32-30-,34-31-,38-35-. The average Bonchev–Trinajstić information content (AvgIpc) is 3.31. The Kier molecular flexibility index (Phi) is 50.5. The fourth-order valence-electron chi connectivity index (χ4n) is 6.98. The molecule has 66 heavy (non-hydrogen) atoms. The molecule has 0 aromatic carbocycles. The number of esters is 3. The molecule has 0 heterocycles. The summed E-state index contributed by atoms with van der Waals surface area (Å²) in [6, 6.07) is 0. The topological polar surface area (TPSA) is 78.9 Å². The van der Waals surface area contributed by atoms with E-state index in [-0.39, 0.29) is 31.1 Å². The van der Waals surface area contributed by atoms with Crippen LogP contribution in [0.2, 0.25) is 0 Å². The van der Waals surface area contributed by atoms with Crippen molar-refractivity contribution in [1.29, 1.82) is 0 Å². The number of hydrogen-bond donors (Lipinski definition) is 0. The van der Waals surface area contributed by atoms with E-state index in [0.29, 0.717) is 19.3 Å². The number of carbonyl (C=O) groups is 3. The first-order chi connectivity index (χ1) is 32.5. The zero-order chi connectivity index (χ0) is 47.9. The second-order valence-electron chi connectivity index (χ2n) is 17.5. The number of carbonyl (C=O) groups excluding carboxylic acids is 3. The third kappa shape index (κ3) is 51.1. The largest absolute Gasteiger partial charge is 0.462 e. The van der Waals surface area contributed by atoms with Crippen molar-refractivity contribution < 1.29 is 28.6 Å². The number of rotatable bonds is 47. The maximum absolute atomic E-state index is 12.8. The van der Waals surface area contributed by atoms with Gasteiger partial charge in [0.25, 0.3) is 0 Å². The maximum atomic E-state index is 12.8. The van der Waals surface area contributed by atoms with Crippen molar-refractivity contribution >= 4 is 17.9 Å². The number of allylic oxidation sites excluding steroid dienone is 18. The average molecular weight is 915 g/mol. The van der Waals surface area contributed by atoms with Crippen LogP contribution >= 0.6 is 0 Å². The van der Waals surface area contributed by atoms with Gasteiger partial charge >= 0.3 is 17.9 Å². The van der Waals surface area contributed by atoms with Gasteiger partial charge in [-0.05, 0) is 109 Å². The fourth-order valence-corrected chi connectivity index (χ4v) is 6.98. The van der Waals surface area contributed by atoms with Crippen LogP contribution in [0.3, 0.4) is 0 Å². The summed E-state index contributed by atoms with van der Waals surface area (Å²) < 4.78 is 16.8. The van der Waals surface area contributed by atoms with Crippen LogP contribution in [0.15, 0.2) is 109 Å². The Morgan fingerprint density at radius 3 is 1.12 bits per heavy atom. The molecule has 0 radical (unpaired) electrons. The highest BCUT2D eigenvalue weighted by Gasteiger charge is 2.19. The van der Waals surface area contributed by atoms with Gasteiger partial charge in [-0.3, -0.25) is 14.4 Å². The molecule has 0 aliphatic rings. The van der Waals surface area contributed by atoms with Crippen molar-refractivity contribution in [3.63, 3.8) is 0 Å². The van der Waals surface area contributed by atoms with Gasteiger partial charge in [-0.15, -0.1) is 0 Å². The summed E-state index contributed by atoms with van der Waals surface area (Å²) in [7, 11) is 0. The van der Waals surface area contributed by atoms with E-state index >= 15 is 0 Å². The molecule has 0 amide bonds. The van der Waals surface area contributed by atoms with Crippen LogP contribution in [0.5, 0.6) is 0 Å². The Hall–Kier alpha value is -3.93. The summed E-state index contributed by atoms with van der Waals surface area (Å²) in [5.41, 5.74) is 0. The van der Waals surface area contributed by atoms with Gasteiger partial charge < -0.3 is 14.2 Å². The molecular weight excluding hydrogens is 817 g/mol. The van der Waals surface area contributed by atoms with Crippen molar-refractivity contribution in [2.45, 2.75) is 239 Å². The highest BCUT2D eigenvalue weighted by atomic mass is 16.6. The van der Waals surface area contributed by atoms with Gasteiger partial charge in [0.05, 0.1) is 0 Å². The second kappa shape index (κ2) is 53.7. The van der Waals surface area contributed by atoms with Crippen LogP contribution in [0.4, 0.5) is 0 Å². The molecule has 0 aromatic heterocycles. The molecule has 0 aromatic rings. The minimum atomic E-state index is -0.807. The van der Waals surface area contributed by atoms with Crippen molar-refractivity contribution in [1.82, 2.24) is 0 Å². The van der Waals surface area contributed by atoms with E-state index in [2.05, 4.69) is 130 Å². The summed E-state index contributed by atoms with van der Waals surface area (Å²) in [5.74, 6) is -0.970. The summed E-state index contributed by atoms with van der Waals surface area (Å²) >= 11 is 0. The lowest BCUT2D eigenvalue weighted by atomic mass is 10.1. The number of unbranched alkanes of at least 4 members (excludes halogenated alkanes) is 20. The Labute approximate surface area is 406 Å². The minimum Gasteiger partial charge on any atom is -0.462 e. The lowest BCUT2D eigenvalue weighted by Crippen LogP contribution is -2.30. The van der Waals surface area contributed by atoms with Crippen molar-refractivity contribution in [2.24, 2.45) is 0 Å². The number of hydrogen-bond acceptors (Lipinski definition) is 6. The molecule has 0 saturated carbocycles. The van der Waals surface area contributed by atoms with Gasteiger partial charge in [-0.25, -0.2) is 0 Å². The Morgan fingerprint density at radius 2 is 0.667 bits per heavy atom. The molecule has 374 valence electrons. The highest BCUT2D eigenvalue weighted by molar-refractivity contribution is 5.71. The van der Waals surface area contributed by atoms with Gasteiger partial charge in [-0.2, -0.15) is 0 Å². The summed E-state index contributed by atoms with van der Waals surface area (Å²) in [6.45, 7) is 6.41. The Bertz CT molecular complexity index is 1370. The molecule has 0 saturated heterocycles. The lowest BCUT2D eigenvalue weighted by molar-refractivity contribution is -0.167. The van der Waals surface area contributed by atoms with E-state index in [1.54, 1.807) is 0 Å². The van der Waals surface area contributed by atoms with Crippen LogP contribution in [0.1, 0.15) is 233 Å². The van der Waals surface area contributed by atoms with E-state index < -0.39 is 6.10 Å². The van der Waals surface area contributed by atoms with E-state index in [0.717, 1.165) is 135 Å². The third-order valence-corrected chi connectivity index (χ3v) is 11.0. The van der Waals surface area contributed by atoms with E-state index in [1.807, 2.05) is 0 Å². The first-order valence-corrected chi connectivity index (χ1v) is 26.9. The van der Waals surface area contributed by atoms with E-state index in [4.69, 9.17) is 14.2 Å². The SMILES string of the molecule is CC/C=C\C/C=C\C/C=C\C/C=C\C/C=C\CCCCCC(=O)OCC(COC(=O)CCCCCCC/C=C\CCCC)OC(=O)CCCCCCC\C=C/C=C\C=C/CCCCCCC. The van der Waals surface area contributed by atoms with Crippen LogP contribution in [0, 0.1) is 0 Å². The minimum absolute atomic E-state index is 0.104. The molecule has 0 spiro atoms. The summed E-state index contributed by atoms with van der Waals surface area (Å²) in [4.78, 5) is 38.0. The first kappa shape index (κ1) is 62.1. The lowest BCUT2D eigenvalue weighted by Gasteiger charge is -2.18. The van der Waals surface area contributed by atoms with Gasteiger partial charge in [0.15, 0.2) is 6.10 Å². The molecule has 0 aliphatic carbocycles. The maximum Gasteiger partial charge on any atom is 0.306 e. The monoisotopic (exact) mass is 915 g/mol. The van der Waals surface area contributed by atoms with Crippen LogP contribution in [-0.2, 0) is 28.6 Å². The van der Waals surface area contributed by atoms with E-state index in [9.17, 15) is 14.4 Å². The number of ether oxygens (including phenoxy) is 3. The zero-order valence-corrected chi connectivity index (χ0v) is 42.7. The molecule has 6 nitrogen and oxygen atoms in total. The highest BCUT2D eigenvalue weighted by Crippen LogP contribution is 2.13. The molecule has 1 unspecified atom stereocenters. The quantitative estimate of drug-likeness (QED) is 0.0199. The first-order valence-electron chi connectivity index (χ1n) is 26.9. The van der Waals surface area contributed by atoms with Crippen LogP contribution in [-0.4, -0.2) is 37.2 Å². The second-order valence-corrected chi connectivity index (χ2v) is 17.5. The predicted molar refractivity (Wildman–Crippen MR) is 283 cm³/mol. The van der Waals surface area contributed by atoms with E-state index in [1.165, 1.54) is 57.8 Å². The molecule has 0 aliphatic heterocycles. The van der Waals surface area contributed by atoms with Crippen molar-refractivity contribution in [2.75, 3.05) is 13.2 Å². The van der Waals surface area contributed by atoms with Crippen molar-refractivity contribution in [3.05, 3.63) is 109 Å². The molecule has 6 heteroatoms. The Balaban J connectivity index is 4.49. The predicted octanol–water partition coefficient (Wildman–Crippen LogP) is 17.9. The molecule has 1 atom stereocenters. The van der Waals surface area contributed by atoms with Crippen LogP contribution in [0.25, 0.3) is 0 Å². The smallest absolute Gasteiger partial charge is 0.306 e. The molecular formula is C60H98O6. The van der Waals surface area contributed by atoms with Gasteiger partial charge in [-0.1, -0.05) is 214 Å². The molecule has 0 rings (SSSR count). The molecule has 0 bridgehead atoms. The summed E-state index contributed by atoms with van der Waals surface area (Å²) in [6.07, 6.45) is 72.1. The normalized spacial score (nSPS) is 13.0. The van der Waals surface area contributed by atoms with Gasteiger partial charge in [0.2, 0.25) is 0 Å². The molecule has 0 fully saturated rings. The Morgan fingerprint density at radius 1 is 0.333 bits per heavy atom. The van der Waals surface area contributed by atoms with Crippen LogP contribution < -0.4 is 0 Å². The van der Waals surface area contributed by atoms with Gasteiger partial charge in [0, 0.05) is 19.3 Å². The zero-order valence-electron chi connectivity index (χ0n) is 42.7. The van der Waals surface area contributed by atoms with Crippen molar-refractivity contribution in [3.8, 4) is 0 Å². The van der Waals surface area contributed by atoms with Gasteiger partial charge in [0.1, 0.15) is 13.2 Å². The third-order valence-electron chi connectivity index (χ3n) is 11.0. The summed E-state index contributed by atoms with van der Waals surface area (Å²) in [5, 5.41) is 0. The molecule has 0 N–H and O–H groups in total.